The Bertz CT molecular complexity index is 253. The fourth-order valence-electron chi connectivity index (χ4n) is 1.14. The van der Waals surface area contributed by atoms with Gasteiger partial charge in [0.05, 0.1) is 0 Å². The van der Waals surface area contributed by atoms with Crippen LogP contribution in [0.5, 0.6) is 0 Å². The summed E-state index contributed by atoms with van der Waals surface area (Å²) in [5.74, 6) is -1.15. The molecule has 0 aliphatic heterocycles. The fraction of sp³-hybridized carbons (Fsp3) is 0.636. The van der Waals surface area contributed by atoms with Gasteiger partial charge in [0.25, 0.3) is 0 Å². The summed E-state index contributed by atoms with van der Waals surface area (Å²) < 4.78 is 0. The van der Waals surface area contributed by atoms with Crippen LogP contribution in [0.4, 0.5) is 0 Å². The zero-order valence-corrected chi connectivity index (χ0v) is 9.62. The van der Waals surface area contributed by atoms with Crippen LogP contribution in [-0.2, 0) is 9.59 Å². The molecule has 0 aromatic carbocycles. The maximum Gasteiger partial charge on any atom is 0.323 e. The summed E-state index contributed by atoms with van der Waals surface area (Å²) in [6, 6.07) is 0. The normalized spacial score (nSPS) is 10.9. The van der Waals surface area contributed by atoms with Gasteiger partial charge in [-0.25, -0.2) is 0 Å². The average molecular weight is 213 g/mol. The lowest BCUT2D eigenvalue weighted by Gasteiger charge is -2.24. The first-order valence-electron chi connectivity index (χ1n) is 4.87. The van der Waals surface area contributed by atoms with Gasteiger partial charge in [0, 0.05) is 13.0 Å². The van der Waals surface area contributed by atoms with Crippen molar-refractivity contribution < 1.29 is 14.7 Å². The second kappa shape index (κ2) is 5.53. The Kier molecular flexibility index (Phi) is 5.05. The van der Waals surface area contributed by atoms with E-state index in [1.165, 1.54) is 11.0 Å². The number of nitrogens with zero attached hydrogens (tertiary/aromatic N) is 1. The predicted molar refractivity (Wildman–Crippen MR) is 58.5 cm³/mol. The van der Waals surface area contributed by atoms with Crippen LogP contribution in [0.25, 0.3) is 0 Å². The third kappa shape index (κ3) is 6.71. The van der Waals surface area contributed by atoms with Gasteiger partial charge in [-0.05, 0) is 5.41 Å². The average Bonchev–Trinajstić information content (AvgIpc) is 1.99. The molecule has 0 aromatic heterocycles. The van der Waals surface area contributed by atoms with Crippen LogP contribution in [0, 0.1) is 5.41 Å². The van der Waals surface area contributed by atoms with E-state index in [1.54, 1.807) is 0 Å². The summed E-state index contributed by atoms with van der Waals surface area (Å²) in [5, 5.41) is 8.63. The number of carboxylic acid groups (broad SMARTS) is 1. The fourth-order valence-corrected chi connectivity index (χ4v) is 1.14. The zero-order chi connectivity index (χ0) is 12.1. The Morgan fingerprint density at radius 1 is 1.40 bits per heavy atom. The second-order valence-electron chi connectivity index (χ2n) is 4.69. The summed E-state index contributed by atoms with van der Waals surface area (Å²) in [6.45, 7) is 9.34. The maximum atomic E-state index is 11.7. The molecular weight excluding hydrogens is 194 g/mol. The summed E-state index contributed by atoms with van der Waals surface area (Å²) >= 11 is 0. The van der Waals surface area contributed by atoms with Crippen molar-refractivity contribution in [1.82, 2.24) is 4.90 Å². The summed E-state index contributed by atoms with van der Waals surface area (Å²) in [7, 11) is 0. The number of rotatable bonds is 5. The van der Waals surface area contributed by atoms with Gasteiger partial charge >= 0.3 is 5.97 Å². The summed E-state index contributed by atoms with van der Waals surface area (Å²) in [5.41, 5.74) is -0.130. The number of carbonyl (C=O) groups excluding carboxylic acids is 1. The minimum absolute atomic E-state index is 0.130. The van der Waals surface area contributed by atoms with Crippen LogP contribution >= 0.6 is 0 Å². The Balaban J connectivity index is 4.41. The van der Waals surface area contributed by atoms with E-state index in [0.717, 1.165) is 0 Å². The van der Waals surface area contributed by atoms with E-state index in [1.807, 2.05) is 20.8 Å². The van der Waals surface area contributed by atoms with Crippen LogP contribution < -0.4 is 0 Å². The SMILES string of the molecule is C=CCN(CC(=O)O)C(=O)CC(C)(C)C. The molecule has 0 bridgehead atoms. The van der Waals surface area contributed by atoms with E-state index < -0.39 is 5.97 Å². The molecule has 0 unspecified atom stereocenters. The van der Waals surface area contributed by atoms with Crippen LogP contribution in [0.15, 0.2) is 12.7 Å². The Morgan fingerprint density at radius 2 is 1.93 bits per heavy atom. The van der Waals surface area contributed by atoms with Crippen molar-refractivity contribution >= 4 is 11.9 Å². The smallest absolute Gasteiger partial charge is 0.323 e. The second-order valence-corrected chi connectivity index (χ2v) is 4.69. The molecule has 0 aliphatic carbocycles. The van der Waals surface area contributed by atoms with E-state index in [4.69, 9.17) is 5.11 Å². The van der Waals surface area contributed by atoms with E-state index in [9.17, 15) is 9.59 Å². The number of carbonyl (C=O) groups is 2. The van der Waals surface area contributed by atoms with Crippen molar-refractivity contribution in [3.63, 3.8) is 0 Å². The highest BCUT2D eigenvalue weighted by molar-refractivity contribution is 5.81. The van der Waals surface area contributed by atoms with E-state index in [0.29, 0.717) is 6.42 Å². The molecule has 0 radical (unpaired) electrons. The number of hydrogen-bond acceptors (Lipinski definition) is 2. The monoisotopic (exact) mass is 213 g/mol. The molecule has 4 heteroatoms. The van der Waals surface area contributed by atoms with Gasteiger partial charge in [-0.3, -0.25) is 9.59 Å². The van der Waals surface area contributed by atoms with Crippen molar-refractivity contribution in [3.05, 3.63) is 12.7 Å². The van der Waals surface area contributed by atoms with Gasteiger partial charge in [0.1, 0.15) is 6.54 Å². The molecule has 1 amide bonds. The van der Waals surface area contributed by atoms with Crippen molar-refractivity contribution in [2.75, 3.05) is 13.1 Å². The molecule has 0 heterocycles. The zero-order valence-electron chi connectivity index (χ0n) is 9.62. The van der Waals surface area contributed by atoms with Crippen LogP contribution in [-0.4, -0.2) is 35.0 Å². The predicted octanol–water partition coefficient (Wildman–Crippen LogP) is 1.52. The lowest BCUT2D eigenvalue weighted by Crippen LogP contribution is -2.37. The molecule has 0 rings (SSSR count). The first-order valence-corrected chi connectivity index (χ1v) is 4.87. The molecule has 15 heavy (non-hydrogen) atoms. The molecule has 86 valence electrons. The highest BCUT2D eigenvalue weighted by Gasteiger charge is 2.21. The molecule has 0 fully saturated rings. The van der Waals surface area contributed by atoms with Crippen LogP contribution in [0.1, 0.15) is 27.2 Å². The third-order valence-corrected chi connectivity index (χ3v) is 1.71. The van der Waals surface area contributed by atoms with Crippen LogP contribution in [0.2, 0.25) is 0 Å². The van der Waals surface area contributed by atoms with Crippen LogP contribution in [0.3, 0.4) is 0 Å². The van der Waals surface area contributed by atoms with E-state index in [2.05, 4.69) is 6.58 Å². The van der Waals surface area contributed by atoms with E-state index >= 15 is 0 Å². The van der Waals surface area contributed by atoms with Gasteiger partial charge in [-0.2, -0.15) is 0 Å². The quantitative estimate of drug-likeness (QED) is 0.704. The molecule has 0 atom stereocenters. The van der Waals surface area contributed by atoms with Gasteiger partial charge in [0.2, 0.25) is 5.91 Å². The maximum absolute atomic E-state index is 11.7. The Labute approximate surface area is 90.6 Å². The van der Waals surface area contributed by atoms with Gasteiger partial charge in [0.15, 0.2) is 0 Å². The van der Waals surface area contributed by atoms with Crippen molar-refractivity contribution in [1.29, 1.82) is 0 Å². The molecule has 0 aliphatic rings. The number of amides is 1. The molecule has 0 aromatic rings. The first-order chi connectivity index (χ1) is 6.76. The highest BCUT2D eigenvalue weighted by atomic mass is 16.4. The van der Waals surface area contributed by atoms with Gasteiger partial charge < -0.3 is 10.0 Å². The largest absolute Gasteiger partial charge is 0.480 e. The summed E-state index contributed by atoms with van der Waals surface area (Å²) in [4.78, 5) is 23.5. The topological polar surface area (TPSA) is 57.6 Å². The lowest BCUT2D eigenvalue weighted by atomic mass is 9.91. The minimum Gasteiger partial charge on any atom is -0.480 e. The number of carboxylic acids is 1. The highest BCUT2D eigenvalue weighted by Crippen LogP contribution is 2.19. The first kappa shape index (κ1) is 13.7. The number of hydrogen-bond donors (Lipinski definition) is 1. The number of aliphatic carboxylic acids is 1. The van der Waals surface area contributed by atoms with Crippen molar-refractivity contribution in [3.8, 4) is 0 Å². The molecule has 0 saturated carbocycles. The Hall–Kier alpha value is -1.32. The molecule has 4 nitrogen and oxygen atoms in total. The van der Waals surface area contributed by atoms with Crippen molar-refractivity contribution in [2.24, 2.45) is 5.41 Å². The molecule has 0 spiro atoms. The summed E-state index contributed by atoms with van der Waals surface area (Å²) in [6.07, 6.45) is 1.87. The third-order valence-electron chi connectivity index (χ3n) is 1.71. The van der Waals surface area contributed by atoms with Gasteiger partial charge in [-0.1, -0.05) is 26.8 Å². The van der Waals surface area contributed by atoms with Gasteiger partial charge in [-0.15, -0.1) is 6.58 Å². The molecule has 0 saturated heterocycles. The standard InChI is InChI=1S/C11H19NO3/c1-5-6-12(8-10(14)15)9(13)7-11(2,3)4/h5H,1,6-8H2,2-4H3,(H,14,15). The molecule has 1 N–H and O–H groups in total. The van der Waals surface area contributed by atoms with Crippen molar-refractivity contribution in [2.45, 2.75) is 27.2 Å². The molecular formula is C11H19NO3. The van der Waals surface area contributed by atoms with E-state index in [-0.39, 0.29) is 24.4 Å². The Morgan fingerprint density at radius 3 is 2.27 bits per heavy atom. The lowest BCUT2D eigenvalue weighted by molar-refractivity contribution is -0.144. The minimum atomic E-state index is -1.00.